The lowest BCUT2D eigenvalue weighted by Crippen LogP contribution is -1.89. The molecule has 1 heterocycles. The molecule has 1 rings (SSSR count). The molecule has 0 unspecified atom stereocenters. The fraction of sp³-hybridized carbons (Fsp3) is 0.600. The molecule has 0 aliphatic rings. The maximum atomic E-state index is 5.07. The van der Waals surface area contributed by atoms with Crippen molar-refractivity contribution in [3.8, 4) is 5.19 Å². The van der Waals surface area contributed by atoms with Gasteiger partial charge in [0.05, 0.1) is 6.61 Å². The van der Waals surface area contributed by atoms with E-state index in [4.69, 9.17) is 4.74 Å². The van der Waals surface area contributed by atoms with Gasteiger partial charge < -0.3 is 4.74 Å². The van der Waals surface area contributed by atoms with Crippen LogP contribution in [-0.2, 0) is 0 Å². The predicted molar refractivity (Wildman–Crippen MR) is 35.8 cm³/mol. The molecule has 1 aromatic heterocycles. The summed E-state index contributed by atoms with van der Waals surface area (Å²) in [5.41, 5.74) is 0. The standard InChI is InChI=1S/C5H8N2OS/c1-3-8-5-6-4(2)7-9-5/h3H2,1-2H3. The van der Waals surface area contributed by atoms with Crippen LogP contribution in [0.5, 0.6) is 5.19 Å². The van der Waals surface area contributed by atoms with E-state index in [1.807, 2.05) is 13.8 Å². The van der Waals surface area contributed by atoms with Crippen molar-refractivity contribution in [2.45, 2.75) is 13.8 Å². The van der Waals surface area contributed by atoms with Gasteiger partial charge in [0.15, 0.2) is 0 Å². The molecule has 50 valence electrons. The maximum absolute atomic E-state index is 5.07. The van der Waals surface area contributed by atoms with Crippen molar-refractivity contribution < 1.29 is 4.74 Å². The minimum absolute atomic E-state index is 0.661. The Balaban J connectivity index is 2.61. The number of aryl methyl sites for hydroxylation is 1. The molecule has 0 aromatic carbocycles. The molecule has 0 N–H and O–H groups in total. The van der Waals surface area contributed by atoms with E-state index in [2.05, 4.69) is 9.36 Å². The van der Waals surface area contributed by atoms with E-state index in [0.29, 0.717) is 11.8 Å². The Morgan fingerprint density at radius 3 is 2.89 bits per heavy atom. The molecule has 0 radical (unpaired) electrons. The Morgan fingerprint density at radius 2 is 2.44 bits per heavy atom. The van der Waals surface area contributed by atoms with Gasteiger partial charge in [-0.15, -0.1) is 0 Å². The van der Waals surface area contributed by atoms with Gasteiger partial charge in [0, 0.05) is 11.5 Å². The normalized spacial score (nSPS) is 9.56. The molecule has 1 aromatic rings. The van der Waals surface area contributed by atoms with Crippen LogP contribution >= 0.6 is 11.5 Å². The van der Waals surface area contributed by atoms with Gasteiger partial charge in [-0.1, -0.05) is 0 Å². The Morgan fingerprint density at radius 1 is 1.67 bits per heavy atom. The fourth-order valence-corrected chi connectivity index (χ4v) is 1.05. The van der Waals surface area contributed by atoms with Gasteiger partial charge in [0.25, 0.3) is 5.19 Å². The van der Waals surface area contributed by atoms with E-state index < -0.39 is 0 Å². The zero-order valence-corrected chi connectivity index (χ0v) is 6.23. The van der Waals surface area contributed by atoms with Crippen LogP contribution in [0.3, 0.4) is 0 Å². The first-order chi connectivity index (χ1) is 4.33. The van der Waals surface area contributed by atoms with Crippen LogP contribution in [0.4, 0.5) is 0 Å². The minimum Gasteiger partial charge on any atom is -0.469 e. The second-order valence-electron chi connectivity index (χ2n) is 1.54. The fourth-order valence-electron chi connectivity index (χ4n) is 0.460. The van der Waals surface area contributed by atoms with E-state index in [9.17, 15) is 0 Å². The minimum atomic E-state index is 0.661. The maximum Gasteiger partial charge on any atom is 0.293 e. The second kappa shape index (κ2) is 2.77. The molecule has 0 amide bonds. The van der Waals surface area contributed by atoms with Gasteiger partial charge in [-0.3, -0.25) is 0 Å². The van der Waals surface area contributed by atoms with Crippen LogP contribution in [0.25, 0.3) is 0 Å². The van der Waals surface area contributed by atoms with E-state index >= 15 is 0 Å². The summed E-state index contributed by atoms with van der Waals surface area (Å²) in [7, 11) is 0. The quantitative estimate of drug-likeness (QED) is 0.626. The number of hydrogen-bond acceptors (Lipinski definition) is 4. The van der Waals surface area contributed by atoms with Gasteiger partial charge in [-0.2, -0.15) is 9.36 Å². The van der Waals surface area contributed by atoms with E-state index in [-0.39, 0.29) is 0 Å². The molecule has 9 heavy (non-hydrogen) atoms. The van der Waals surface area contributed by atoms with Gasteiger partial charge in [0.1, 0.15) is 5.82 Å². The van der Waals surface area contributed by atoms with Crippen LogP contribution in [-0.4, -0.2) is 16.0 Å². The highest BCUT2D eigenvalue weighted by Gasteiger charge is 1.96. The summed E-state index contributed by atoms with van der Waals surface area (Å²) in [4.78, 5) is 3.99. The Hall–Kier alpha value is -0.640. The number of ether oxygens (including phenoxy) is 1. The van der Waals surface area contributed by atoms with Gasteiger partial charge in [0.2, 0.25) is 0 Å². The highest BCUT2D eigenvalue weighted by Crippen LogP contribution is 2.12. The molecule has 0 saturated heterocycles. The van der Waals surface area contributed by atoms with Crippen LogP contribution in [0.2, 0.25) is 0 Å². The lowest BCUT2D eigenvalue weighted by Gasteiger charge is -1.91. The first-order valence-corrected chi connectivity index (χ1v) is 3.53. The molecule has 0 atom stereocenters. The second-order valence-corrected chi connectivity index (χ2v) is 2.25. The number of aromatic nitrogens is 2. The third-order valence-electron chi connectivity index (χ3n) is 0.777. The van der Waals surface area contributed by atoms with Crippen molar-refractivity contribution in [3.05, 3.63) is 5.82 Å². The molecule has 0 bridgehead atoms. The molecule has 0 fully saturated rings. The third-order valence-corrected chi connectivity index (χ3v) is 1.50. The molecule has 0 aliphatic heterocycles. The predicted octanol–water partition coefficient (Wildman–Crippen LogP) is 1.25. The third kappa shape index (κ3) is 1.64. The van der Waals surface area contributed by atoms with Crippen molar-refractivity contribution in [2.24, 2.45) is 0 Å². The van der Waals surface area contributed by atoms with E-state index in [0.717, 1.165) is 5.82 Å². The largest absolute Gasteiger partial charge is 0.469 e. The summed E-state index contributed by atoms with van der Waals surface area (Å²) in [6, 6.07) is 0. The molecule has 3 nitrogen and oxygen atoms in total. The van der Waals surface area contributed by atoms with Crippen molar-refractivity contribution in [1.29, 1.82) is 0 Å². The number of rotatable bonds is 2. The zero-order chi connectivity index (χ0) is 6.69. The van der Waals surface area contributed by atoms with Gasteiger partial charge in [-0.05, 0) is 13.8 Å². The van der Waals surface area contributed by atoms with Crippen molar-refractivity contribution in [1.82, 2.24) is 9.36 Å². The highest BCUT2D eigenvalue weighted by atomic mass is 32.1. The molecule has 0 saturated carbocycles. The first kappa shape index (κ1) is 6.48. The zero-order valence-electron chi connectivity index (χ0n) is 5.42. The van der Waals surface area contributed by atoms with Crippen LogP contribution in [0.15, 0.2) is 0 Å². The van der Waals surface area contributed by atoms with Gasteiger partial charge >= 0.3 is 0 Å². The average Bonchev–Trinajstić information content (AvgIpc) is 2.17. The Bertz CT molecular complexity index is 187. The van der Waals surface area contributed by atoms with Crippen molar-refractivity contribution in [2.75, 3.05) is 6.61 Å². The SMILES string of the molecule is CCOc1nc(C)ns1. The Kier molecular flexibility index (Phi) is 2.00. The lowest BCUT2D eigenvalue weighted by molar-refractivity contribution is 0.338. The number of hydrogen-bond donors (Lipinski definition) is 0. The lowest BCUT2D eigenvalue weighted by atomic mass is 10.8. The molecule has 0 spiro atoms. The molecule has 0 aliphatic carbocycles. The average molecular weight is 144 g/mol. The monoisotopic (exact) mass is 144 g/mol. The Labute approximate surface area is 57.9 Å². The van der Waals surface area contributed by atoms with Crippen LogP contribution < -0.4 is 4.74 Å². The molecule has 4 heteroatoms. The summed E-state index contributed by atoms with van der Waals surface area (Å²) in [6.07, 6.45) is 0. The van der Waals surface area contributed by atoms with E-state index in [1.54, 1.807) is 0 Å². The smallest absolute Gasteiger partial charge is 0.293 e. The topological polar surface area (TPSA) is 35.0 Å². The van der Waals surface area contributed by atoms with Crippen LogP contribution in [0.1, 0.15) is 12.7 Å². The highest BCUT2D eigenvalue weighted by molar-refractivity contribution is 7.07. The van der Waals surface area contributed by atoms with Gasteiger partial charge in [-0.25, -0.2) is 0 Å². The van der Waals surface area contributed by atoms with E-state index in [1.165, 1.54) is 11.5 Å². The molecular weight excluding hydrogens is 136 g/mol. The summed E-state index contributed by atoms with van der Waals surface area (Å²) in [6.45, 7) is 4.43. The summed E-state index contributed by atoms with van der Waals surface area (Å²) >= 11 is 1.29. The van der Waals surface area contributed by atoms with Crippen molar-refractivity contribution in [3.63, 3.8) is 0 Å². The summed E-state index contributed by atoms with van der Waals surface area (Å²) < 4.78 is 9.01. The van der Waals surface area contributed by atoms with Crippen LogP contribution in [0, 0.1) is 6.92 Å². The number of nitrogens with zero attached hydrogens (tertiary/aromatic N) is 2. The summed E-state index contributed by atoms with van der Waals surface area (Å²) in [5.74, 6) is 0.781. The first-order valence-electron chi connectivity index (χ1n) is 2.76. The van der Waals surface area contributed by atoms with Crippen molar-refractivity contribution >= 4 is 11.5 Å². The summed E-state index contributed by atoms with van der Waals surface area (Å²) in [5, 5.41) is 0.662. The molecular formula is C5H8N2OS.